The normalized spacial score (nSPS) is 16.1. The molecule has 1 unspecified atom stereocenters. The Kier molecular flexibility index (Phi) is 6.42. The van der Waals surface area contributed by atoms with Gasteiger partial charge in [0.05, 0.1) is 17.5 Å². The van der Waals surface area contributed by atoms with E-state index in [9.17, 15) is 22.8 Å². The summed E-state index contributed by atoms with van der Waals surface area (Å²) in [7, 11) is 0. The quantitative estimate of drug-likeness (QED) is 0.702. The third-order valence-corrected chi connectivity index (χ3v) is 5.07. The number of hydrogen-bond donors (Lipinski definition) is 0. The molecule has 1 aliphatic rings. The molecule has 1 aliphatic heterocycles. The second-order valence-electron chi connectivity index (χ2n) is 7.25. The number of aromatic nitrogens is 3. The van der Waals surface area contributed by atoms with E-state index in [0.717, 1.165) is 31.7 Å². The van der Waals surface area contributed by atoms with Crippen molar-refractivity contribution in [3.63, 3.8) is 0 Å². The van der Waals surface area contributed by atoms with Gasteiger partial charge in [0, 0.05) is 19.3 Å². The lowest BCUT2D eigenvalue weighted by Crippen LogP contribution is -2.40. The summed E-state index contributed by atoms with van der Waals surface area (Å²) in [6.07, 6.45) is 0.536. The van der Waals surface area contributed by atoms with E-state index >= 15 is 0 Å². The summed E-state index contributed by atoms with van der Waals surface area (Å²) in [6, 6.07) is 2.06. The van der Waals surface area contributed by atoms with Gasteiger partial charge in [-0.15, -0.1) is 0 Å². The van der Waals surface area contributed by atoms with Crippen LogP contribution in [0.4, 0.5) is 13.2 Å². The van der Waals surface area contributed by atoms with Crippen LogP contribution < -0.4 is 0 Å². The molecule has 0 radical (unpaired) electrons. The smallest absolute Gasteiger partial charge is 0.417 e. The molecule has 0 aliphatic carbocycles. The first kappa shape index (κ1) is 21.8. The predicted molar refractivity (Wildman–Crippen MR) is 101 cm³/mol. The van der Waals surface area contributed by atoms with Crippen molar-refractivity contribution in [1.29, 1.82) is 0 Å². The first-order chi connectivity index (χ1) is 14.2. The van der Waals surface area contributed by atoms with Gasteiger partial charge in [0.2, 0.25) is 0 Å². The summed E-state index contributed by atoms with van der Waals surface area (Å²) in [4.78, 5) is 30.6. The van der Waals surface area contributed by atoms with Crippen molar-refractivity contribution in [1.82, 2.24) is 19.7 Å². The van der Waals surface area contributed by atoms with Gasteiger partial charge in [-0.3, -0.25) is 4.79 Å². The average Bonchev–Trinajstić information content (AvgIpc) is 2.90. The second-order valence-corrected chi connectivity index (χ2v) is 7.25. The minimum Gasteiger partial charge on any atom is -0.449 e. The zero-order valence-corrected chi connectivity index (χ0v) is 16.8. The summed E-state index contributed by atoms with van der Waals surface area (Å²) in [5.74, 6) is -0.825. The van der Waals surface area contributed by atoms with Crippen LogP contribution >= 0.6 is 0 Å². The zero-order chi connectivity index (χ0) is 21.9. The van der Waals surface area contributed by atoms with Crippen LogP contribution in [-0.4, -0.2) is 50.7 Å². The molecule has 162 valence electrons. The standard InChI is InChI=1S/C20H23F3N4O3/c1-13-16(12-25-27(13)17-8-7-15(11-24-17)20(21,22)23)19(29)30-14(2)18(28)26-9-5-3-4-6-10-26/h7-8,11-12,14H,3-6,9-10H2,1-2H3. The van der Waals surface area contributed by atoms with E-state index in [-0.39, 0.29) is 17.3 Å². The molecule has 2 aromatic heterocycles. The second kappa shape index (κ2) is 8.85. The molecule has 1 fully saturated rings. The molecule has 1 atom stereocenters. The first-order valence-electron chi connectivity index (χ1n) is 9.76. The topological polar surface area (TPSA) is 77.3 Å². The zero-order valence-electron chi connectivity index (χ0n) is 16.8. The van der Waals surface area contributed by atoms with Gasteiger partial charge < -0.3 is 9.64 Å². The third kappa shape index (κ3) is 4.80. The van der Waals surface area contributed by atoms with E-state index in [1.807, 2.05) is 0 Å². The van der Waals surface area contributed by atoms with Gasteiger partial charge in [0.15, 0.2) is 11.9 Å². The molecule has 1 amide bonds. The summed E-state index contributed by atoms with van der Waals surface area (Å²) in [5, 5.41) is 4.03. The minimum absolute atomic E-state index is 0.118. The van der Waals surface area contributed by atoms with Gasteiger partial charge in [-0.2, -0.15) is 18.3 Å². The highest BCUT2D eigenvalue weighted by Gasteiger charge is 2.31. The van der Waals surface area contributed by atoms with E-state index in [1.165, 1.54) is 23.9 Å². The number of alkyl halides is 3. The number of carbonyl (C=O) groups is 2. The first-order valence-corrected chi connectivity index (χ1v) is 9.76. The van der Waals surface area contributed by atoms with Crippen LogP contribution in [0.1, 0.15) is 54.2 Å². The Hall–Kier alpha value is -2.91. The van der Waals surface area contributed by atoms with E-state index in [1.54, 1.807) is 11.8 Å². The molecule has 3 rings (SSSR count). The van der Waals surface area contributed by atoms with Gasteiger partial charge in [-0.1, -0.05) is 12.8 Å². The number of carbonyl (C=O) groups excluding carboxylic acids is 2. The number of halogens is 3. The van der Waals surface area contributed by atoms with Crippen LogP contribution in [0.25, 0.3) is 5.82 Å². The van der Waals surface area contributed by atoms with Gasteiger partial charge in [0.25, 0.3) is 5.91 Å². The molecule has 2 aromatic rings. The molecule has 0 aromatic carbocycles. The minimum atomic E-state index is -4.49. The number of nitrogens with zero attached hydrogens (tertiary/aromatic N) is 4. The molecular formula is C20H23F3N4O3. The average molecular weight is 424 g/mol. The molecule has 7 nitrogen and oxygen atoms in total. The Morgan fingerprint density at radius 1 is 1.10 bits per heavy atom. The largest absolute Gasteiger partial charge is 0.449 e. The molecule has 1 saturated heterocycles. The van der Waals surface area contributed by atoms with Crippen LogP contribution in [0.15, 0.2) is 24.5 Å². The lowest BCUT2D eigenvalue weighted by Gasteiger charge is -2.23. The summed E-state index contributed by atoms with van der Waals surface area (Å²) in [6.45, 7) is 4.40. The van der Waals surface area contributed by atoms with Crippen LogP contribution in [-0.2, 0) is 15.7 Å². The van der Waals surface area contributed by atoms with Crippen molar-refractivity contribution in [2.24, 2.45) is 0 Å². The monoisotopic (exact) mass is 424 g/mol. The molecule has 3 heterocycles. The SMILES string of the molecule is Cc1c(C(=O)OC(C)C(=O)N2CCCCCC2)cnn1-c1ccc(C(F)(F)F)cn1. The maximum Gasteiger partial charge on any atom is 0.417 e. The molecule has 0 bridgehead atoms. The molecule has 10 heteroatoms. The summed E-state index contributed by atoms with van der Waals surface area (Å²) < 4.78 is 44.7. The van der Waals surface area contributed by atoms with Crippen LogP contribution in [0.3, 0.4) is 0 Å². The van der Waals surface area contributed by atoms with Crippen LogP contribution in [0.5, 0.6) is 0 Å². The molecular weight excluding hydrogens is 401 g/mol. The van der Waals surface area contributed by atoms with E-state index in [4.69, 9.17) is 4.74 Å². The predicted octanol–water partition coefficient (Wildman–Crippen LogP) is 3.54. The fourth-order valence-corrected chi connectivity index (χ4v) is 3.34. The van der Waals surface area contributed by atoms with Gasteiger partial charge in [-0.05, 0) is 38.8 Å². The number of ether oxygens (including phenoxy) is 1. The number of pyridine rings is 1. The van der Waals surface area contributed by atoms with Gasteiger partial charge >= 0.3 is 12.1 Å². The van der Waals surface area contributed by atoms with Crippen molar-refractivity contribution >= 4 is 11.9 Å². The third-order valence-electron chi connectivity index (χ3n) is 5.07. The maximum absolute atomic E-state index is 12.7. The molecule has 30 heavy (non-hydrogen) atoms. The van der Waals surface area contributed by atoms with E-state index in [0.29, 0.717) is 25.0 Å². The lowest BCUT2D eigenvalue weighted by molar-refractivity contribution is -0.139. The van der Waals surface area contributed by atoms with Crippen molar-refractivity contribution in [3.05, 3.63) is 41.3 Å². The van der Waals surface area contributed by atoms with Crippen molar-refractivity contribution in [3.8, 4) is 5.82 Å². The molecule has 0 N–H and O–H groups in total. The fourth-order valence-electron chi connectivity index (χ4n) is 3.34. The Labute approximate surface area is 171 Å². The highest BCUT2D eigenvalue weighted by atomic mass is 19.4. The van der Waals surface area contributed by atoms with Crippen LogP contribution in [0.2, 0.25) is 0 Å². The molecule has 0 spiro atoms. The highest BCUT2D eigenvalue weighted by molar-refractivity contribution is 5.93. The number of amides is 1. The Balaban J connectivity index is 1.70. The van der Waals surface area contributed by atoms with Crippen LogP contribution in [0, 0.1) is 6.92 Å². The summed E-state index contributed by atoms with van der Waals surface area (Å²) in [5.41, 5.74) is -0.412. The highest BCUT2D eigenvalue weighted by Crippen LogP contribution is 2.29. The number of rotatable bonds is 4. The Bertz CT molecular complexity index is 901. The van der Waals surface area contributed by atoms with Crippen molar-refractivity contribution in [2.75, 3.05) is 13.1 Å². The number of likely N-dealkylation sites (tertiary alicyclic amines) is 1. The summed E-state index contributed by atoms with van der Waals surface area (Å²) >= 11 is 0. The van der Waals surface area contributed by atoms with E-state index in [2.05, 4.69) is 10.1 Å². The number of esters is 1. The maximum atomic E-state index is 12.7. The van der Waals surface area contributed by atoms with E-state index < -0.39 is 23.8 Å². The lowest BCUT2D eigenvalue weighted by atomic mass is 10.2. The van der Waals surface area contributed by atoms with Crippen molar-refractivity contribution < 1.29 is 27.5 Å². The van der Waals surface area contributed by atoms with Crippen molar-refractivity contribution in [2.45, 2.75) is 51.8 Å². The molecule has 0 saturated carbocycles. The Morgan fingerprint density at radius 3 is 2.33 bits per heavy atom. The fraction of sp³-hybridized carbons (Fsp3) is 0.500. The van der Waals surface area contributed by atoms with Gasteiger partial charge in [-0.25, -0.2) is 14.5 Å². The van der Waals surface area contributed by atoms with Gasteiger partial charge in [0.1, 0.15) is 5.56 Å². The Morgan fingerprint density at radius 2 is 1.77 bits per heavy atom. The number of hydrogen-bond acceptors (Lipinski definition) is 5.